The summed E-state index contributed by atoms with van der Waals surface area (Å²) in [4.78, 5) is 21.6. The molecule has 7 heteroatoms. The van der Waals surface area contributed by atoms with Gasteiger partial charge in [0.1, 0.15) is 5.82 Å². The number of H-pyrrole nitrogens is 1. The molecule has 140 valence electrons. The van der Waals surface area contributed by atoms with Crippen molar-refractivity contribution in [3.8, 4) is 0 Å². The summed E-state index contributed by atoms with van der Waals surface area (Å²) in [5.41, 5.74) is 1.32. The predicted octanol–water partition coefficient (Wildman–Crippen LogP) is 2.75. The molecular formula is C19H27N5OS. The van der Waals surface area contributed by atoms with E-state index in [0.29, 0.717) is 11.1 Å². The van der Waals surface area contributed by atoms with E-state index in [4.69, 9.17) is 0 Å². The summed E-state index contributed by atoms with van der Waals surface area (Å²) < 4.78 is 0. The molecule has 1 aromatic heterocycles. The lowest BCUT2D eigenvalue weighted by atomic mass is 10.2. The Morgan fingerprint density at radius 1 is 1.15 bits per heavy atom. The van der Waals surface area contributed by atoms with Gasteiger partial charge in [-0.2, -0.15) is 0 Å². The van der Waals surface area contributed by atoms with E-state index in [1.807, 2.05) is 17.9 Å². The topological polar surface area (TPSA) is 65.1 Å². The molecule has 2 aromatic rings. The highest BCUT2D eigenvalue weighted by atomic mass is 32.2. The van der Waals surface area contributed by atoms with Gasteiger partial charge in [-0.05, 0) is 12.5 Å². The quantitative estimate of drug-likeness (QED) is 0.789. The molecule has 1 aromatic carbocycles. The fourth-order valence-electron chi connectivity index (χ4n) is 3.00. The monoisotopic (exact) mass is 373 g/mol. The molecule has 0 radical (unpaired) electrons. The smallest absolute Gasteiger partial charge is 0.235 e. The van der Waals surface area contributed by atoms with Crippen LogP contribution in [0.5, 0.6) is 0 Å². The van der Waals surface area contributed by atoms with Gasteiger partial charge < -0.3 is 4.90 Å². The van der Waals surface area contributed by atoms with Crippen molar-refractivity contribution in [1.29, 1.82) is 0 Å². The summed E-state index contributed by atoms with van der Waals surface area (Å²) in [5, 5.41) is 7.63. The van der Waals surface area contributed by atoms with Crippen LogP contribution in [-0.4, -0.2) is 62.3 Å². The number of carbonyl (C=O) groups is 1. The Labute approximate surface area is 159 Å². The number of amides is 1. The zero-order valence-corrected chi connectivity index (χ0v) is 16.5. The third-order valence-electron chi connectivity index (χ3n) is 4.59. The third-order valence-corrected chi connectivity index (χ3v) is 5.54. The van der Waals surface area contributed by atoms with E-state index in [2.05, 4.69) is 58.2 Å². The molecule has 6 nitrogen and oxygen atoms in total. The van der Waals surface area contributed by atoms with Crippen LogP contribution >= 0.6 is 11.8 Å². The molecule has 0 spiro atoms. The van der Waals surface area contributed by atoms with Crippen LogP contribution < -0.4 is 0 Å². The Balaban J connectivity index is 1.48. The van der Waals surface area contributed by atoms with E-state index < -0.39 is 0 Å². The third kappa shape index (κ3) is 4.86. The Hall–Kier alpha value is -1.86. The second kappa shape index (κ2) is 8.68. The van der Waals surface area contributed by atoms with Gasteiger partial charge in [0, 0.05) is 38.6 Å². The van der Waals surface area contributed by atoms with Crippen LogP contribution in [0.15, 0.2) is 35.5 Å². The van der Waals surface area contributed by atoms with Crippen molar-refractivity contribution in [2.45, 2.75) is 43.6 Å². The van der Waals surface area contributed by atoms with E-state index in [1.165, 1.54) is 17.3 Å². The number of aromatic amines is 1. The zero-order valence-electron chi connectivity index (χ0n) is 15.7. The number of hydrogen-bond acceptors (Lipinski definition) is 5. The number of thioether (sulfide) groups is 1. The lowest BCUT2D eigenvalue weighted by Crippen LogP contribution is -2.50. The molecule has 1 aliphatic heterocycles. The van der Waals surface area contributed by atoms with Gasteiger partial charge in [-0.15, -0.1) is 5.10 Å². The van der Waals surface area contributed by atoms with Crippen molar-refractivity contribution in [2.24, 2.45) is 0 Å². The maximum Gasteiger partial charge on any atom is 0.235 e. The summed E-state index contributed by atoms with van der Waals surface area (Å²) in [7, 11) is 0. The van der Waals surface area contributed by atoms with E-state index in [0.717, 1.165) is 38.5 Å². The summed E-state index contributed by atoms with van der Waals surface area (Å²) in [6.45, 7) is 10.4. The van der Waals surface area contributed by atoms with Gasteiger partial charge in [-0.3, -0.25) is 14.8 Å². The fourth-order valence-corrected chi connectivity index (χ4v) is 3.82. The van der Waals surface area contributed by atoms with Crippen LogP contribution in [0.1, 0.15) is 38.1 Å². The first-order valence-corrected chi connectivity index (χ1v) is 10.0. The molecule has 1 saturated heterocycles. The van der Waals surface area contributed by atoms with Crippen molar-refractivity contribution in [3.05, 3.63) is 41.7 Å². The van der Waals surface area contributed by atoms with E-state index in [9.17, 15) is 4.79 Å². The Bertz CT molecular complexity index is 710. The fraction of sp³-hybridized carbons (Fsp3) is 0.526. The number of benzene rings is 1. The Morgan fingerprint density at radius 3 is 2.46 bits per heavy atom. The van der Waals surface area contributed by atoms with E-state index in [1.54, 1.807) is 0 Å². The highest BCUT2D eigenvalue weighted by Crippen LogP contribution is 2.23. The highest BCUT2D eigenvalue weighted by Gasteiger charge is 2.26. The number of hydrogen-bond donors (Lipinski definition) is 1. The molecule has 1 amide bonds. The summed E-state index contributed by atoms with van der Waals surface area (Å²) in [6.07, 6.45) is 0. The minimum atomic E-state index is -0.175. The molecule has 0 bridgehead atoms. The van der Waals surface area contributed by atoms with Crippen LogP contribution in [0.25, 0.3) is 0 Å². The molecule has 1 unspecified atom stereocenters. The van der Waals surface area contributed by atoms with Crippen LogP contribution in [0, 0.1) is 0 Å². The molecule has 1 fully saturated rings. The second-order valence-electron chi connectivity index (χ2n) is 7.01. The lowest BCUT2D eigenvalue weighted by molar-refractivity contribution is -0.132. The number of nitrogens with one attached hydrogen (secondary N) is 1. The molecule has 1 atom stereocenters. The van der Waals surface area contributed by atoms with Crippen molar-refractivity contribution in [1.82, 2.24) is 25.0 Å². The maximum absolute atomic E-state index is 12.7. The van der Waals surface area contributed by atoms with Gasteiger partial charge in [0.2, 0.25) is 11.1 Å². The maximum atomic E-state index is 12.7. The van der Waals surface area contributed by atoms with Gasteiger partial charge >= 0.3 is 0 Å². The van der Waals surface area contributed by atoms with Gasteiger partial charge in [-0.1, -0.05) is 55.9 Å². The zero-order chi connectivity index (χ0) is 18.5. The number of nitrogens with zero attached hydrogens (tertiary/aromatic N) is 4. The number of piperazine rings is 1. The summed E-state index contributed by atoms with van der Waals surface area (Å²) >= 11 is 1.43. The van der Waals surface area contributed by atoms with Crippen LogP contribution in [0.4, 0.5) is 0 Å². The van der Waals surface area contributed by atoms with Crippen LogP contribution in [0.3, 0.4) is 0 Å². The van der Waals surface area contributed by atoms with Crippen molar-refractivity contribution in [3.63, 3.8) is 0 Å². The Morgan fingerprint density at radius 2 is 1.85 bits per heavy atom. The molecule has 26 heavy (non-hydrogen) atoms. The molecule has 1 N–H and O–H groups in total. The Kier molecular flexibility index (Phi) is 6.32. The number of aromatic nitrogens is 3. The molecule has 0 aliphatic carbocycles. The average Bonchev–Trinajstić information content (AvgIpc) is 3.11. The molecular weight excluding hydrogens is 346 g/mol. The number of rotatable bonds is 6. The second-order valence-corrected chi connectivity index (χ2v) is 8.31. The molecule has 0 saturated carbocycles. The largest absolute Gasteiger partial charge is 0.339 e. The summed E-state index contributed by atoms with van der Waals surface area (Å²) in [5.74, 6) is 1.34. The number of carbonyl (C=O) groups excluding carboxylic acids is 1. The van der Waals surface area contributed by atoms with Crippen molar-refractivity contribution in [2.75, 3.05) is 26.2 Å². The van der Waals surface area contributed by atoms with Gasteiger partial charge in [0.15, 0.2) is 0 Å². The van der Waals surface area contributed by atoms with Gasteiger partial charge in [0.25, 0.3) is 0 Å². The first kappa shape index (κ1) is 18.9. The van der Waals surface area contributed by atoms with Gasteiger partial charge in [0.05, 0.1) is 5.25 Å². The first-order valence-electron chi connectivity index (χ1n) is 9.17. The highest BCUT2D eigenvalue weighted by molar-refractivity contribution is 8.00. The minimum absolute atomic E-state index is 0.172. The van der Waals surface area contributed by atoms with E-state index >= 15 is 0 Å². The van der Waals surface area contributed by atoms with Crippen molar-refractivity contribution < 1.29 is 4.79 Å². The average molecular weight is 374 g/mol. The van der Waals surface area contributed by atoms with Crippen molar-refractivity contribution >= 4 is 17.7 Å². The van der Waals surface area contributed by atoms with Crippen LogP contribution in [-0.2, 0) is 11.3 Å². The normalized spacial score (nSPS) is 16.8. The minimum Gasteiger partial charge on any atom is -0.339 e. The SMILES string of the molecule is CC(Sc1n[nH]c(C(C)C)n1)C(=O)N1CCN(Cc2ccccc2)CC1. The standard InChI is InChI=1S/C19H27N5OS/c1-14(2)17-20-19(22-21-17)26-15(3)18(25)24-11-9-23(10-12-24)13-16-7-5-4-6-8-16/h4-8,14-15H,9-13H2,1-3H3,(H,20,21,22). The lowest BCUT2D eigenvalue weighted by Gasteiger charge is -2.35. The predicted molar refractivity (Wildman–Crippen MR) is 104 cm³/mol. The van der Waals surface area contributed by atoms with Gasteiger partial charge in [-0.25, -0.2) is 4.98 Å². The summed E-state index contributed by atoms with van der Waals surface area (Å²) in [6, 6.07) is 10.5. The van der Waals surface area contributed by atoms with E-state index in [-0.39, 0.29) is 11.2 Å². The van der Waals surface area contributed by atoms with Crippen LogP contribution in [0.2, 0.25) is 0 Å². The first-order chi connectivity index (χ1) is 12.5. The molecule has 2 heterocycles. The molecule has 1 aliphatic rings. The molecule has 3 rings (SSSR count).